The zero-order valence-corrected chi connectivity index (χ0v) is 45.3. The highest BCUT2D eigenvalue weighted by Crippen LogP contribution is 2.49. The highest BCUT2D eigenvalue weighted by atomic mass is 35.5. The molecule has 8 rings (SSSR count). The molecular weight excluding hydrogens is 924 g/mol. The minimum Gasteiger partial charge on any atom is -0.338 e. The lowest BCUT2D eigenvalue weighted by molar-refractivity contribution is 0.399. The van der Waals surface area contributed by atoms with Crippen molar-refractivity contribution >= 4 is 101 Å². The first-order chi connectivity index (χ1) is 32.3. The summed E-state index contributed by atoms with van der Waals surface area (Å²) in [4.78, 5) is 8.11. The van der Waals surface area contributed by atoms with E-state index in [1.807, 2.05) is 45.3 Å². The van der Waals surface area contributed by atoms with Gasteiger partial charge in [0.05, 0.1) is 32.1 Å². The Labute approximate surface area is 422 Å². The molecule has 6 aromatic heterocycles. The van der Waals surface area contributed by atoms with Gasteiger partial charge in [-0.05, 0) is 121 Å². The molecule has 0 aliphatic carbocycles. The van der Waals surface area contributed by atoms with Crippen LogP contribution in [0.25, 0.3) is 73.2 Å². The Morgan fingerprint density at radius 2 is 0.909 bits per heavy atom. The standard InChI is InChI=1S/C58H72Cl2N2S4/c1-7-13-17-19-25-41-31-53(65-57(41)51-27-21-29-63-51)43-35-49-45(33-47(43)59)55-56(61(49)37-39(11-5)23-15-9-3)46-34-48(60)44(36-50(46)62(55)38-40(12-6)24-16-10-4)54-32-42(26-20-18-14-8-2)58(66-54)52-28-22-30-64-52/h21-22,27-36,39-40H,7-20,23-26,37-38H2,1-6H3. The van der Waals surface area contributed by atoms with E-state index in [1.54, 1.807) is 0 Å². The summed E-state index contributed by atoms with van der Waals surface area (Å²) in [5.74, 6) is 1.15. The second-order valence-corrected chi connectivity index (χ2v) is 23.8. The second-order valence-electron chi connectivity index (χ2n) is 19.0. The number of benzene rings is 2. The molecule has 0 N–H and O–H groups in total. The van der Waals surface area contributed by atoms with Crippen molar-refractivity contribution in [2.75, 3.05) is 0 Å². The molecule has 0 aliphatic rings. The van der Waals surface area contributed by atoms with Crippen LogP contribution >= 0.6 is 68.5 Å². The van der Waals surface area contributed by atoms with Crippen molar-refractivity contribution in [3.8, 4) is 40.4 Å². The molecule has 2 nitrogen and oxygen atoms in total. The first-order valence-electron chi connectivity index (χ1n) is 25.6. The van der Waals surface area contributed by atoms with Crippen LogP contribution in [0, 0.1) is 11.8 Å². The van der Waals surface area contributed by atoms with Crippen LogP contribution < -0.4 is 0 Å². The molecule has 66 heavy (non-hydrogen) atoms. The van der Waals surface area contributed by atoms with Crippen molar-refractivity contribution in [2.24, 2.45) is 11.8 Å². The van der Waals surface area contributed by atoms with E-state index in [2.05, 4.69) is 122 Å². The second kappa shape index (κ2) is 23.6. The van der Waals surface area contributed by atoms with E-state index in [0.29, 0.717) is 11.8 Å². The molecule has 6 heterocycles. The maximum absolute atomic E-state index is 7.65. The SMILES string of the molecule is CCCCCCc1cc(-c2cc3c(cc2Cl)c2c(c4cc(Cl)c(-c5cc(CCCCCC)c(-c6cccs6)s5)cc4n2CC(CC)CCCC)n3CC(CC)CCCC)sc1-c1cccs1. The number of unbranched alkanes of at least 4 members (excludes halogenated alkanes) is 8. The smallest absolute Gasteiger partial charge is 0.0754 e. The molecule has 0 radical (unpaired) electrons. The number of rotatable bonds is 26. The molecule has 2 atom stereocenters. The Kier molecular flexibility index (Phi) is 17.8. The van der Waals surface area contributed by atoms with Crippen molar-refractivity contribution in [3.05, 3.63) is 92.6 Å². The summed E-state index contributed by atoms with van der Waals surface area (Å²) in [5.41, 5.74) is 10.5. The third kappa shape index (κ3) is 10.8. The maximum Gasteiger partial charge on any atom is 0.0754 e. The lowest BCUT2D eigenvalue weighted by atomic mass is 9.99. The molecule has 0 bridgehead atoms. The third-order valence-corrected chi connectivity index (χ3v) is 19.4. The van der Waals surface area contributed by atoms with Gasteiger partial charge in [0.1, 0.15) is 0 Å². The number of aromatic nitrogens is 2. The number of aryl methyl sites for hydroxylation is 2. The Balaban J connectivity index is 1.35. The maximum atomic E-state index is 7.65. The van der Waals surface area contributed by atoms with E-state index >= 15 is 0 Å². The number of thiophene rings is 4. The van der Waals surface area contributed by atoms with Crippen LogP contribution in [0.15, 0.2) is 71.4 Å². The number of hydrogen-bond acceptors (Lipinski definition) is 4. The van der Waals surface area contributed by atoms with Crippen molar-refractivity contribution in [1.29, 1.82) is 0 Å². The minimum atomic E-state index is 0.573. The molecule has 8 aromatic rings. The van der Waals surface area contributed by atoms with Gasteiger partial charge in [-0.15, -0.1) is 45.3 Å². The van der Waals surface area contributed by atoms with E-state index < -0.39 is 0 Å². The van der Waals surface area contributed by atoms with Gasteiger partial charge in [-0.25, -0.2) is 0 Å². The van der Waals surface area contributed by atoms with Gasteiger partial charge in [0.25, 0.3) is 0 Å². The van der Waals surface area contributed by atoms with Gasteiger partial charge in [0.2, 0.25) is 0 Å². The molecule has 0 aliphatic heterocycles. The van der Waals surface area contributed by atoms with Gasteiger partial charge in [0.15, 0.2) is 0 Å². The van der Waals surface area contributed by atoms with Gasteiger partial charge in [-0.2, -0.15) is 0 Å². The van der Waals surface area contributed by atoms with E-state index in [9.17, 15) is 0 Å². The largest absolute Gasteiger partial charge is 0.338 e. The zero-order chi connectivity index (χ0) is 46.2. The van der Waals surface area contributed by atoms with Crippen LogP contribution in [0.3, 0.4) is 0 Å². The molecule has 0 saturated carbocycles. The Morgan fingerprint density at radius 3 is 1.27 bits per heavy atom. The number of hydrogen-bond donors (Lipinski definition) is 0. The lowest BCUT2D eigenvalue weighted by Gasteiger charge is -2.18. The van der Waals surface area contributed by atoms with E-state index in [-0.39, 0.29) is 0 Å². The Morgan fingerprint density at radius 1 is 0.485 bits per heavy atom. The van der Waals surface area contributed by atoms with Gasteiger partial charge < -0.3 is 9.13 Å². The van der Waals surface area contributed by atoms with Crippen LogP contribution in [0.4, 0.5) is 0 Å². The molecule has 0 saturated heterocycles. The molecular formula is C58H72Cl2N2S4. The van der Waals surface area contributed by atoms with Crippen molar-refractivity contribution in [1.82, 2.24) is 9.13 Å². The third-order valence-electron chi connectivity index (χ3n) is 14.2. The summed E-state index contributed by atoms with van der Waals surface area (Å²) < 4.78 is 5.42. The highest BCUT2D eigenvalue weighted by molar-refractivity contribution is 7.24. The molecule has 0 amide bonds. The molecule has 2 unspecified atom stereocenters. The normalized spacial score (nSPS) is 13.0. The summed E-state index contributed by atoms with van der Waals surface area (Å²) in [6, 6.07) is 23.5. The molecule has 0 fully saturated rings. The van der Waals surface area contributed by atoms with Crippen molar-refractivity contribution in [2.45, 2.75) is 170 Å². The first-order valence-corrected chi connectivity index (χ1v) is 29.8. The number of fused-ring (bicyclic) bond motifs is 5. The monoisotopic (exact) mass is 994 g/mol. The fourth-order valence-electron chi connectivity index (χ4n) is 10.3. The van der Waals surface area contributed by atoms with Gasteiger partial charge in [0, 0.05) is 64.3 Å². The lowest BCUT2D eigenvalue weighted by Crippen LogP contribution is -2.10. The predicted molar refractivity (Wildman–Crippen MR) is 301 cm³/mol. The number of halogens is 2. The first kappa shape index (κ1) is 49.6. The van der Waals surface area contributed by atoms with Crippen molar-refractivity contribution in [3.63, 3.8) is 0 Å². The zero-order valence-electron chi connectivity index (χ0n) is 40.5. The topological polar surface area (TPSA) is 9.86 Å². The molecule has 352 valence electrons. The van der Waals surface area contributed by atoms with Crippen LogP contribution in [-0.2, 0) is 25.9 Å². The summed E-state index contributed by atoms with van der Waals surface area (Å²) >= 11 is 22.9. The van der Waals surface area contributed by atoms with E-state index in [4.69, 9.17) is 23.2 Å². The molecule has 8 heteroatoms. The fraction of sp³-hybridized carbons (Fsp3) is 0.483. The molecule has 2 aromatic carbocycles. The van der Waals surface area contributed by atoms with Gasteiger partial charge in [-0.1, -0.05) is 154 Å². The van der Waals surface area contributed by atoms with E-state index in [1.165, 1.54) is 163 Å². The summed E-state index contributed by atoms with van der Waals surface area (Å²) in [6.45, 7) is 16.0. The highest BCUT2D eigenvalue weighted by Gasteiger charge is 2.27. The Hall–Kier alpha value is -2.84. The summed E-state index contributed by atoms with van der Waals surface area (Å²) in [6.07, 6.45) is 22.0. The fourth-order valence-corrected chi connectivity index (χ4v) is 15.2. The van der Waals surface area contributed by atoms with Gasteiger partial charge >= 0.3 is 0 Å². The minimum absolute atomic E-state index is 0.573. The van der Waals surface area contributed by atoms with E-state index in [0.717, 1.165) is 59.9 Å². The Bertz CT molecular complexity index is 2590. The number of nitrogens with zero attached hydrogens (tertiary/aromatic N) is 2. The molecule has 0 spiro atoms. The van der Waals surface area contributed by atoms with Crippen LogP contribution in [-0.4, -0.2) is 9.13 Å². The van der Waals surface area contributed by atoms with Crippen LogP contribution in [0.2, 0.25) is 10.0 Å². The van der Waals surface area contributed by atoms with Gasteiger partial charge in [-0.3, -0.25) is 0 Å². The average molecular weight is 996 g/mol. The summed E-state index contributed by atoms with van der Waals surface area (Å²) in [7, 11) is 0. The summed E-state index contributed by atoms with van der Waals surface area (Å²) in [5, 5.41) is 8.65. The predicted octanol–water partition coefficient (Wildman–Crippen LogP) is 21.6. The van der Waals surface area contributed by atoms with Crippen molar-refractivity contribution < 1.29 is 0 Å². The van der Waals surface area contributed by atoms with Crippen LogP contribution in [0.1, 0.15) is 155 Å². The average Bonchev–Trinajstić information content (AvgIpc) is 4.20. The van der Waals surface area contributed by atoms with Crippen LogP contribution in [0.5, 0.6) is 0 Å². The quantitative estimate of drug-likeness (QED) is 0.0479.